The first-order valence-electron chi connectivity index (χ1n) is 5.16. The third-order valence-corrected chi connectivity index (χ3v) is 3.13. The summed E-state index contributed by atoms with van der Waals surface area (Å²) in [6.07, 6.45) is -4.09. The van der Waals surface area contributed by atoms with Crippen LogP contribution in [0.15, 0.2) is 24.3 Å². The molecule has 0 unspecified atom stereocenters. The third-order valence-electron chi connectivity index (χ3n) is 3.13. The van der Waals surface area contributed by atoms with Gasteiger partial charge in [0.05, 0.1) is 18.1 Å². The lowest BCUT2D eigenvalue weighted by Crippen LogP contribution is -2.28. The van der Waals surface area contributed by atoms with E-state index in [1.165, 1.54) is 31.4 Å². The number of carbonyl (C=O) groups is 1. The van der Waals surface area contributed by atoms with Gasteiger partial charge in [-0.25, -0.2) is 4.79 Å². The molecular formula is C12H11F3O2. The number of esters is 1. The average Bonchev–Trinajstić information content (AvgIpc) is 3.08. The summed E-state index contributed by atoms with van der Waals surface area (Å²) in [5.74, 6) is -0.621. The zero-order valence-corrected chi connectivity index (χ0v) is 9.17. The van der Waals surface area contributed by atoms with Crippen LogP contribution in [0.5, 0.6) is 0 Å². The summed E-state index contributed by atoms with van der Waals surface area (Å²) in [7, 11) is 1.20. The molecule has 0 heterocycles. The highest BCUT2D eigenvalue weighted by molar-refractivity contribution is 5.89. The molecule has 92 valence electrons. The molecule has 1 aromatic rings. The Kier molecular flexibility index (Phi) is 2.64. The van der Waals surface area contributed by atoms with E-state index in [0.717, 1.165) is 0 Å². The zero-order valence-electron chi connectivity index (χ0n) is 9.17. The SMILES string of the molecule is COC(=O)c1cccc(C2(C(F)(F)F)CC2)c1. The second kappa shape index (κ2) is 3.75. The van der Waals surface area contributed by atoms with Gasteiger partial charge in [0.1, 0.15) is 0 Å². The summed E-state index contributed by atoms with van der Waals surface area (Å²) in [5.41, 5.74) is -1.45. The highest BCUT2D eigenvalue weighted by Crippen LogP contribution is 2.58. The second-order valence-corrected chi connectivity index (χ2v) is 4.15. The molecule has 0 radical (unpaired) electrons. The van der Waals surface area contributed by atoms with Crippen LogP contribution < -0.4 is 0 Å². The molecule has 0 saturated heterocycles. The van der Waals surface area contributed by atoms with Gasteiger partial charge in [0.25, 0.3) is 0 Å². The summed E-state index contributed by atoms with van der Waals surface area (Å²) in [5, 5.41) is 0. The molecule has 0 N–H and O–H groups in total. The number of alkyl halides is 3. The van der Waals surface area contributed by atoms with Crippen molar-refractivity contribution in [2.75, 3.05) is 7.11 Å². The molecular weight excluding hydrogens is 233 g/mol. The minimum Gasteiger partial charge on any atom is -0.465 e. The molecule has 2 nitrogen and oxygen atoms in total. The van der Waals surface area contributed by atoms with Crippen LogP contribution in [0.1, 0.15) is 28.8 Å². The van der Waals surface area contributed by atoms with Crippen molar-refractivity contribution in [2.24, 2.45) is 0 Å². The molecule has 2 rings (SSSR count). The zero-order chi connectivity index (χ0) is 12.7. The Labute approximate surface area is 96.4 Å². The van der Waals surface area contributed by atoms with Crippen molar-refractivity contribution in [3.8, 4) is 0 Å². The Morgan fingerprint density at radius 3 is 2.47 bits per heavy atom. The molecule has 1 saturated carbocycles. The molecule has 1 aliphatic carbocycles. The van der Waals surface area contributed by atoms with E-state index in [2.05, 4.69) is 4.74 Å². The van der Waals surface area contributed by atoms with Crippen LogP contribution in [-0.4, -0.2) is 19.3 Å². The van der Waals surface area contributed by atoms with Crippen LogP contribution in [0.4, 0.5) is 13.2 Å². The maximum absolute atomic E-state index is 12.9. The first-order valence-corrected chi connectivity index (χ1v) is 5.16. The van der Waals surface area contributed by atoms with Crippen LogP contribution in [0, 0.1) is 0 Å². The maximum Gasteiger partial charge on any atom is 0.398 e. The summed E-state index contributed by atoms with van der Waals surface area (Å²) in [6.45, 7) is 0. The van der Waals surface area contributed by atoms with E-state index in [0.29, 0.717) is 0 Å². The number of hydrogen-bond donors (Lipinski definition) is 0. The summed E-state index contributed by atoms with van der Waals surface area (Å²) in [4.78, 5) is 11.3. The van der Waals surface area contributed by atoms with Gasteiger partial charge in [0.15, 0.2) is 0 Å². The summed E-state index contributed by atoms with van der Waals surface area (Å²) >= 11 is 0. The minimum atomic E-state index is -4.26. The van der Waals surface area contributed by atoms with Crippen LogP contribution in [0.25, 0.3) is 0 Å². The van der Waals surface area contributed by atoms with Gasteiger partial charge in [-0.15, -0.1) is 0 Å². The van der Waals surface area contributed by atoms with Crippen LogP contribution >= 0.6 is 0 Å². The van der Waals surface area contributed by atoms with Gasteiger partial charge in [-0.1, -0.05) is 12.1 Å². The molecule has 0 bridgehead atoms. The predicted molar refractivity (Wildman–Crippen MR) is 54.7 cm³/mol. The minimum absolute atomic E-state index is 0.0845. The maximum atomic E-state index is 12.9. The van der Waals surface area contributed by atoms with Crippen molar-refractivity contribution in [3.63, 3.8) is 0 Å². The van der Waals surface area contributed by atoms with Gasteiger partial charge in [-0.05, 0) is 30.5 Å². The van der Waals surface area contributed by atoms with Crippen molar-refractivity contribution < 1.29 is 22.7 Å². The van der Waals surface area contributed by atoms with Gasteiger partial charge < -0.3 is 4.74 Å². The average molecular weight is 244 g/mol. The number of carbonyl (C=O) groups excluding carboxylic acids is 1. The number of benzene rings is 1. The fourth-order valence-corrected chi connectivity index (χ4v) is 1.92. The third kappa shape index (κ3) is 1.90. The Bertz CT molecular complexity index is 447. The van der Waals surface area contributed by atoms with Crippen molar-refractivity contribution in [3.05, 3.63) is 35.4 Å². The molecule has 0 aromatic heterocycles. The Balaban J connectivity index is 2.38. The van der Waals surface area contributed by atoms with Gasteiger partial charge >= 0.3 is 12.1 Å². The lowest BCUT2D eigenvalue weighted by atomic mass is 9.94. The van der Waals surface area contributed by atoms with E-state index >= 15 is 0 Å². The lowest BCUT2D eigenvalue weighted by molar-refractivity contribution is -0.160. The Morgan fingerprint density at radius 1 is 1.35 bits per heavy atom. The first-order chi connectivity index (χ1) is 7.90. The van der Waals surface area contributed by atoms with E-state index in [4.69, 9.17) is 0 Å². The van der Waals surface area contributed by atoms with E-state index in [1.807, 2.05) is 0 Å². The first kappa shape index (κ1) is 12.0. The van der Waals surface area contributed by atoms with Crippen LogP contribution in [-0.2, 0) is 10.2 Å². The Morgan fingerprint density at radius 2 is 2.00 bits per heavy atom. The molecule has 1 fully saturated rings. The molecule has 0 aliphatic heterocycles. The Hall–Kier alpha value is -1.52. The van der Waals surface area contributed by atoms with Gasteiger partial charge in [-0.2, -0.15) is 13.2 Å². The molecule has 1 aliphatic rings. The lowest BCUT2D eigenvalue weighted by Gasteiger charge is -2.19. The molecule has 0 spiro atoms. The quantitative estimate of drug-likeness (QED) is 0.747. The molecule has 1 aromatic carbocycles. The fourth-order valence-electron chi connectivity index (χ4n) is 1.92. The van der Waals surface area contributed by atoms with E-state index < -0.39 is 17.6 Å². The van der Waals surface area contributed by atoms with Gasteiger partial charge in [0, 0.05) is 0 Å². The largest absolute Gasteiger partial charge is 0.465 e. The summed E-state index contributed by atoms with van der Waals surface area (Å²) in [6, 6.07) is 5.58. The van der Waals surface area contributed by atoms with Crippen LogP contribution in [0.3, 0.4) is 0 Å². The standard InChI is InChI=1S/C12H11F3O2/c1-17-10(16)8-3-2-4-9(7-8)11(5-6-11)12(13,14)15/h2-4,7H,5-6H2,1H3. The molecule has 17 heavy (non-hydrogen) atoms. The van der Waals surface area contributed by atoms with Crippen LogP contribution in [0.2, 0.25) is 0 Å². The summed E-state index contributed by atoms with van der Waals surface area (Å²) < 4.78 is 43.1. The molecule has 0 atom stereocenters. The highest BCUT2D eigenvalue weighted by atomic mass is 19.4. The number of ether oxygens (including phenoxy) is 1. The number of halogens is 3. The van der Waals surface area contributed by atoms with E-state index in [9.17, 15) is 18.0 Å². The predicted octanol–water partition coefficient (Wildman–Crippen LogP) is 3.07. The monoisotopic (exact) mass is 244 g/mol. The smallest absolute Gasteiger partial charge is 0.398 e. The number of rotatable bonds is 2. The van der Waals surface area contributed by atoms with Gasteiger partial charge in [0.2, 0.25) is 0 Å². The van der Waals surface area contributed by atoms with Gasteiger partial charge in [-0.3, -0.25) is 0 Å². The van der Waals surface area contributed by atoms with Crippen molar-refractivity contribution in [2.45, 2.75) is 24.4 Å². The normalized spacial score (nSPS) is 17.6. The van der Waals surface area contributed by atoms with Crippen molar-refractivity contribution >= 4 is 5.97 Å². The van der Waals surface area contributed by atoms with E-state index in [1.54, 1.807) is 0 Å². The molecule has 0 amide bonds. The second-order valence-electron chi connectivity index (χ2n) is 4.15. The topological polar surface area (TPSA) is 26.3 Å². The van der Waals surface area contributed by atoms with Crippen molar-refractivity contribution in [1.82, 2.24) is 0 Å². The number of hydrogen-bond acceptors (Lipinski definition) is 2. The fraction of sp³-hybridized carbons (Fsp3) is 0.417. The van der Waals surface area contributed by atoms with E-state index in [-0.39, 0.29) is 24.0 Å². The molecule has 5 heteroatoms. The number of methoxy groups -OCH3 is 1. The van der Waals surface area contributed by atoms with Crippen molar-refractivity contribution in [1.29, 1.82) is 0 Å². The highest BCUT2D eigenvalue weighted by Gasteiger charge is 2.64.